The summed E-state index contributed by atoms with van der Waals surface area (Å²) >= 11 is 0. The Kier molecular flexibility index (Phi) is 2.77. The fourth-order valence-electron chi connectivity index (χ4n) is 3.53. The number of carbonyl (C=O) groups excluding carboxylic acids is 1. The molecule has 8 nitrogen and oxygen atoms in total. The third-order valence-electron chi connectivity index (χ3n) is 4.63. The number of phenolic OH excluding ortho intramolecular Hbond substituents is 1. The number of benzene rings is 1. The lowest BCUT2D eigenvalue weighted by Gasteiger charge is -2.44. The molecule has 5 atom stereocenters. The van der Waals surface area contributed by atoms with E-state index in [1.165, 1.54) is 0 Å². The molecule has 1 aliphatic carbocycles. The van der Waals surface area contributed by atoms with Crippen LogP contribution in [0.4, 0.5) is 0 Å². The van der Waals surface area contributed by atoms with Gasteiger partial charge in [0.05, 0.1) is 17.7 Å². The Morgan fingerprint density at radius 1 is 1.18 bits per heavy atom. The molecule has 22 heavy (non-hydrogen) atoms. The van der Waals surface area contributed by atoms with Gasteiger partial charge < -0.3 is 35.2 Å². The highest BCUT2D eigenvalue weighted by Gasteiger charge is 2.49. The van der Waals surface area contributed by atoms with Crippen molar-refractivity contribution >= 4 is 5.91 Å². The summed E-state index contributed by atoms with van der Waals surface area (Å²) in [4.78, 5) is 12.3. The van der Waals surface area contributed by atoms with Gasteiger partial charge in [-0.1, -0.05) is 0 Å². The van der Waals surface area contributed by atoms with Crippen LogP contribution in [0, 0.1) is 0 Å². The molecule has 1 saturated carbocycles. The van der Waals surface area contributed by atoms with E-state index in [1.54, 1.807) is 6.07 Å². The van der Waals surface area contributed by atoms with Crippen LogP contribution in [0.3, 0.4) is 0 Å². The number of phenols is 1. The first kappa shape index (κ1) is 13.6. The maximum atomic E-state index is 12.3. The molecule has 5 N–H and O–H groups in total. The van der Waals surface area contributed by atoms with Crippen molar-refractivity contribution in [3.05, 3.63) is 17.2 Å². The smallest absolute Gasteiger partial charge is 0.255 e. The van der Waals surface area contributed by atoms with Crippen LogP contribution in [0.15, 0.2) is 6.07 Å². The second-order valence-electron chi connectivity index (χ2n) is 5.81. The summed E-state index contributed by atoms with van der Waals surface area (Å²) in [5.74, 6) is -0.878. The van der Waals surface area contributed by atoms with Crippen LogP contribution in [0.25, 0.3) is 0 Å². The molecule has 2 aliphatic heterocycles. The molecule has 3 aliphatic rings. The van der Waals surface area contributed by atoms with Gasteiger partial charge in [0.2, 0.25) is 12.5 Å². The second kappa shape index (κ2) is 4.48. The first-order valence-corrected chi connectivity index (χ1v) is 6.99. The highest BCUT2D eigenvalue weighted by atomic mass is 16.7. The normalized spacial score (nSPS) is 35.6. The molecule has 1 fully saturated rings. The van der Waals surface area contributed by atoms with Crippen LogP contribution in [0.2, 0.25) is 0 Å². The topological polar surface area (TPSA) is 128 Å². The van der Waals surface area contributed by atoms with Crippen molar-refractivity contribution in [1.82, 2.24) is 5.32 Å². The Hall–Kier alpha value is -2.03. The van der Waals surface area contributed by atoms with Crippen molar-refractivity contribution in [2.24, 2.45) is 0 Å². The quantitative estimate of drug-likeness (QED) is 0.407. The number of rotatable bonds is 0. The lowest BCUT2D eigenvalue weighted by atomic mass is 9.72. The number of amides is 1. The Morgan fingerprint density at radius 3 is 2.73 bits per heavy atom. The summed E-state index contributed by atoms with van der Waals surface area (Å²) in [7, 11) is 0. The summed E-state index contributed by atoms with van der Waals surface area (Å²) in [5.41, 5.74) is 0.529. The van der Waals surface area contributed by atoms with E-state index >= 15 is 0 Å². The maximum absolute atomic E-state index is 12.3. The summed E-state index contributed by atoms with van der Waals surface area (Å²) in [6.07, 6.45) is -3.59. The number of hydrogen-bond donors (Lipinski definition) is 5. The van der Waals surface area contributed by atoms with Crippen molar-refractivity contribution in [3.8, 4) is 17.2 Å². The van der Waals surface area contributed by atoms with Crippen molar-refractivity contribution in [1.29, 1.82) is 0 Å². The molecule has 0 aromatic heterocycles. The van der Waals surface area contributed by atoms with Crippen molar-refractivity contribution < 1.29 is 34.7 Å². The molecule has 4 rings (SSSR count). The molecule has 2 heterocycles. The maximum Gasteiger partial charge on any atom is 0.255 e. The third-order valence-corrected chi connectivity index (χ3v) is 4.63. The Labute approximate surface area is 124 Å². The highest BCUT2D eigenvalue weighted by Crippen LogP contribution is 2.49. The summed E-state index contributed by atoms with van der Waals surface area (Å²) in [6, 6.07) is 0.850. The molecule has 118 valence electrons. The molecule has 0 bridgehead atoms. The van der Waals surface area contributed by atoms with Crippen LogP contribution in [0.1, 0.15) is 28.3 Å². The van der Waals surface area contributed by atoms with Crippen molar-refractivity contribution in [2.75, 3.05) is 6.79 Å². The molecule has 0 radical (unpaired) electrons. The predicted molar refractivity (Wildman–Crippen MR) is 70.9 cm³/mol. The highest BCUT2D eigenvalue weighted by molar-refractivity contribution is 6.01. The van der Waals surface area contributed by atoms with E-state index in [0.717, 1.165) is 0 Å². The first-order chi connectivity index (χ1) is 10.5. The zero-order chi connectivity index (χ0) is 15.6. The molecule has 8 heteroatoms. The summed E-state index contributed by atoms with van der Waals surface area (Å²) in [6.45, 7) is -0.0501. The van der Waals surface area contributed by atoms with Crippen LogP contribution >= 0.6 is 0 Å². The summed E-state index contributed by atoms with van der Waals surface area (Å²) in [5, 5.41) is 42.6. The van der Waals surface area contributed by atoms with E-state index < -0.39 is 36.2 Å². The molecular weight excluding hydrogens is 294 g/mol. The second-order valence-corrected chi connectivity index (χ2v) is 5.81. The monoisotopic (exact) mass is 309 g/mol. The van der Waals surface area contributed by atoms with E-state index in [1.807, 2.05) is 0 Å². The molecule has 0 saturated heterocycles. The number of hydrogen-bond acceptors (Lipinski definition) is 7. The lowest BCUT2D eigenvalue weighted by Crippen LogP contribution is -2.61. The molecule has 0 spiro atoms. The number of nitrogens with one attached hydrogen (secondary N) is 1. The van der Waals surface area contributed by atoms with Crippen LogP contribution in [-0.2, 0) is 0 Å². The molecule has 1 amide bonds. The van der Waals surface area contributed by atoms with Gasteiger partial charge in [0.15, 0.2) is 11.5 Å². The number of aliphatic hydroxyl groups is 3. The Bertz CT molecular complexity index is 661. The standard InChI is InChI=1S/C14H15NO7/c16-6-1-5-4-2-7-13(22-3-21-7)11(18)8(4)14(20)15-9(5)12(19)10(6)17/h2,5-6,9-10,12,16-19H,1,3H2,(H,15,20)/t5?,6-,9+,10+,12-/m0/s1. The number of aliphatic hydroxyl groups excluding tert-OH is 3. The predicted octanol–water partition coefficient (Wildman–Crippen LogP) is -1.20. The van der Waals surface area contributed by atoms with Gasteiger partial charge in [-0.15, -0.1) is 0 Å². The number of carbonyl (C=O) groups is 1. The number of fused-ring (bicyclic) bond motifs is 4. The minimum atomic E-state index is -1.33. The zero-order valence-corrected chi connectivity index (χ0v) is 11.4. The number of aromatic hydroxyl groups is 1. The van der Waals surface area contributed by atoms with Gasteiger partial charge in [-0.3, -0.25) is 4.79 Å². The lowest BCUT2D eigenvalue weighted by molar-refractivity contribution is -0.104. The summed E-state index contributed by atoms with van der Waals surface area (Å²) < 4.78 is 10.4. The fourth-order valence-corrected chi connectivity index (χ4v) is 3.53. The van der Waals surface area contributed by atoms with Gasteiger partial charge in [0.25, 0.3) is 5.91 Å². The average molecular weight is 309 g/mol. The van der Waals surface area contributed by atoms with Crippen molar-refractivity contribution in [2.45, 2.75) is 36.7 Å². The zero-order valence-electron chi connectivity index (χ0n) is 11.4. The van der Waals surface area contributed by atoms with Gasteiger partial charge in [-0.2, -0.15) is 0 Å². The van der Waals surface area contributed by atoms with E-state index in [-0.39, 0.29) is 30.3 Å². The Morgan fingerprint density at radius 2 is 1.95 bits per heavy atom. The van der Waals surface area contributed by atoms with Crippen LogP contribution < -0.4 is 14.8 Å². The van der Waals surface area contributed by atoms with E-state index in [0.29, 0.717) is 11.3 Å². The van der Waals surface area contributed by atoms with Gasteiger partial charge in [-0.25, -0.2) is 0 Å². The van der Waals surface area contributed by atoms with Crippen molar-refractivity contribution in [3.63, 3.8) is 0 Å². The average Bonchev–Trinajstić information content (AvgIpc) is 2.95. The number of ether oxygens (including phenoxy) is 2. The molecular formula is C14H15NO7. The fraction of sp³-hybridized carbons (Fsp3) is 0.500. The first-order valence-electron chi connectivity index (χ1n) is 6.99. The largest absolute Gasteiger partial charge is 0.504 e. The van der Waals surface area contributed by atoms with Crippen LogP contribution in [-0.4, -0.2) is 57.5 Å². The van der Waals surface area contributed by atoms with E-state index in [4.69, 9.17) is 9.47 Å². The third kappa shape index (κ3) is 1.65. The van der Waals surface area contributed by atoms with Gasteiger partial charge in [0, 0.05) is 5.92 Å². The minimum Gasteiger partial charge on any atom is -0.504 e. The van der Waals surface area contributed by atoms with E-state index in [9.17, 15) is 25.2 Å². The SMILES string of the molecule is O=C1N[C@@H]2C(C[C@H](O)[C@@H](O)[C@H]2O)c2cc3c(c(O)c21)OCO3. The van der Waals surface area contributed by atoms with E-state index in [2.05, 4.69) is 5.32 Å². The van der Waals surface area contributed by atoms with Gasteiger partial charge >= 0.3 is 0 Å². The molecule has 1 aromatic rings. The molecule has 1 aromatic carbocycles. The van der Waals surface area contributed by atoms with Gasteiger partial charge in [-0.05, 0) is 18.1 Å². The minimum absolute atomic E-state index is 0.0501. The Balaban J connectivity index is 1.87. The molecule has 1 unspecified atom stereocenters. The van der Waals surface area contributed by atoms with Gasteiger partial charge in [0.1, 0.15) is 12.2 Å². The van der Waals surface area contributed by atoms with Crippen LogP contribution in [0.5, 0.6) is 17.2 Å².